The zero-order chi connectivity index (χ0) is 14.5. The van der Waals surface area contributed by atoms with Crippen molar-refractivity contribution in [3.63, 3.8) is 0 Å². The highest BCUT2D eigenvalue weighted by molar-refractivity contribution is 4.87. The van der Waals surface area contributed by atoms with Gasteiger partial charge >= 0.3 is 0 Å². The van der Waals surface area contributed by atoms with Gasteiger partial charge in [0.2, 0.25) is 0 Å². The third-order valence-corrected chi connectivity index (χ3v) is 3.78. The third-order valence-electron chi connectivity index (χ3n) is 3.78. The summed E-state index contributed by atoms with van der Waals surface area (Å²) < 4.78 is 0. The van der Waals surface area contributed by atoms with Crippen LogP contribution in [0.3, 0.4) is 0 Å². The molecule has 1 rings (SSSR count). The third kappa shape index (κ3) is 5.68. The van der Waals surface area contributed by atoms with Crippen molar-refractivity contribution in [2.75, 3.05) is 6.54 Å². The molecule has 0 amide bonds. The van der Waals surface area contributed by atoms with E-state index in [4.69, 9.17) is 0 Å². The predicted molar refractivity (Wildman–Crippen MR) is 77.8 cm³/mol. The van der Waals surface area contributed by atoms with Crippen LogP contribution in [0.2, 0.25) is 0 Å². The minimum Gasteiger partial charge on any atom is -0.314 e. The van der Waals surface area contributed by atoms with Crippen LogP contribution in [0.5, 0.6) is 0 Å². The molecule has 1 aromatic rings. The molecule has 1 N–H and O–H groups in total. The molecule has 110 valence electrons. The van der Waals surface area contributed by atoms with E-state index in [1.165, 1.54) is 4.80 Å². The Bertz CT molecular complexity index is 366. The van der Waals surface area contributed by atoms with Crippen LogP contribution in [0.15, 0.2) is 0 Å². The number of rotatable bonds is 7. The summed E-state index contributed by atoms with van der Waals surface area (Å²) in [6.07, 6.45) is 3.14. The molecular formula is C14H29N5. The second-order valence-electron chi connectivity index (χ2n) is 6.55. The lowest BCUT2D eigenvalue weighted by Crippen LogP contribution is -2.36. The highest BCUT2D eigenvalue weighted by Crippen LogP contribution is 2.29. The standard InChI is InChI=1S/C14H29N5/c1-7-8-15-12(9-11(2)14(3,4)5)10-13-16-18-19(6)17-13/h11-12,15H,7-10H2,1-6H3. The van der Waals surface area contributed by atoms with Crippen molar-refractivity contribution < 1.29 is 0 Å². The van der Waals surface area contributed by atoms with E-state index in [-0.39, 0.29) is 0 Å². The van der Waals surface area contributed by atoms with E-state index >= 15 is 0 Å². The Hall–Kier alpha value is -0.970. The lowest BCUT2D eigenvalue weighted by Gasteiger charge is -2.31. The summed E-state index contributed by atoms with van der Waals surface area (Å²) >= 11 is 0. The largest absolute Gasteiger partial charge is 0.314 e. The van der Waals surface area contributed by atoms with Crippen LogP contribution >= 0.6 is 0 Å². The van der Waals surface area contributed by atoms with Gasteiger partial charge in [0.1, 0.15) is 0 Å². The molecule has 5 nitrogen and oxygen atoms in total. The van der Waals surface area contributed by atoms with Gasteiger partial charge in [0.25, 0.3) is 0 Å². The number of nitrogens with zero attached hydrogens (tertiary/aromatic N) is 4. The summed E-state index contributed by atoms with van der Waals surface area (Å²) in [6, 6.07) is 0.429. The predicted octanol–water partition coefficient (Wildman–Crippen LogP) is 2.19. The molecule has 1 aromatic heterocycles. The second-order valence-corrected chi connectivity index (χ2v) is 6.55. The Balaban J connectivity index is 2.61. The van der Waals surface area contributed by atoms with E-state index in [9.17, 15) is 0 Å². The van der Waals surface area contributed by atoms with Crippen LogP contribution in [0, 0.1) is 11.3 Å². The maximum Gasteiger partial charge on any atom is 0.176 e. The van der Waals surface area contributed by atoms with Crippen molar-refractivity contribution in [1.29, 1.82) is 0 Å². The molecule has 0 saturated carbocycles. The fourth-order valence-electron chi connectivity index (χ4n) is 1.99. The Morgan fingerprint density at radius 1 is 1.32 bits per heavy atom. The van der Waals surface area contributed by atoms with Crippen LogP contribution in [-0.4, -0.2) is 32.8 Å². The molecule has 0 radical (unpaired) electrons. The van der Waals surface area contributed by atoms with Crippen LogP contribution < -0.4 is 5.32 Å². The monoisotopic (exact) mass is 267 g/mol. The number of tetrazole rings is 1. The van der Waals surface area contributed by atoms with Gasteiger partial charge in [-0.05, 0) is 35.9 Å². The smallest absolute Gasteiger partial charge is 0.176 e. The van der Waals surface area contributed by atoms with E-state index in [1.807, 2.05) is 7.05 Å². The first-order valence-electron chi connectivity index (χ1n) is 7.29. The fraction of sp³-hybridized carbons (Fsp3) is 0.929. The highest BCUT2D eigenvalue weighted by atomic mass is 15.6. The summed E-state index contributed by atoms with van der Waals surface area (Å²) in [5.41, 5.74) is 0.335. The molecule has 0 aromatic carbocycles. The lowest BCUT2D eigenvalue weighted by molar-refractivity contribution is 0.221. The van der Waals surface area contributed by atoms with E-state index in [0.29, 0.717) is 17.4 Å². The summed E-state index contributed by atoms with van der Waals surface area (Å²) in [7, 11) is 1.81. The van der Waals surface area contributed by atoms with Crippen LogP contribution in [0.25, 0.3) is 0 Å². The normalized spacial score (nSPS) is 15.5. The van der Waals surface area contributed by atoms with Crippen molar-refractivity contribution in [2.45, 2.75) is 59.9 Å². The molecule has 0 bridgehead atoms. The first-order valence-corrected chi connectivity index (χ1v) is 7.29. The zero-order valence-electron chi connectivity index (χ0n) is 13.3. The molecule has 0 spiro atoms. The van der Waals surface area contributed by atoms with Gasteiger partial charge in [0.15, 0.2) is 5.82 Å². The first kappa shape index (κ1) is 16.1. The maximum atomic E-state index is 4.28. The molecule has 1 heterocycles. The van der Waals surface area contributed by atoms with E-state index in [0.717, 1.165) is 31.6 Å². The Labute approximate surface area is 117 Å². The molecule has 0 saturated heterocycles. The van der Waals surface area contributed by atoms with Crippen LogP contribution in [-0.2, 0) is 13.5 Å². The van der Waals surface area contributed by atoms with Crippen molar-refractivity contribution >= 4 is 0 Å². The van der Waals surface area contributed by atoms with Crippen LogP contribution in [0.1, 0.15) is 53.3 Å². The van der Waals surface area contributed by atoms with Crippen molar-refractivity contribution in [1.82, 2.24) is 25.5 Å². The average Bonchev–Trinajstić information content (AvgIpc) is 2.70. The van der Waals surface area contributed by atoms with E-state index < -0.39 is 0 Å². The molecular weight excluding hydrogens is 238 g/mol. The van der Waals surface area contributed by atoms with E-state index in [2.05, 4.69) is 55.3 Å². The number of aryl methyl sites for hydroxylation is 1. The van der Waals surface area contributed by atoms with Gasteiger partial charge in [0.05, 0.1) is 7.05 Å². The maximum absolute atomic E-state index is 4.28. The highest BCUT2D eigenvalue weighted by Gasteiger charge is 2.24. The van der Waals surface area contributed by atoms with Crippen molar-refractivity contribution in [3.05, 3.63) is 5.82 Å². The number of aromatic nitrogens is 4. The fourth-order valence-corrected chi connectivity index (χ4v) is 1.99. The van der Waals surface area contributed by atoms with Crippen molar-refractivity contribution in [3.8, 4) is 0 Å². The summed E-state index contributed by atoms with van der Waals surface area (Å²) in [5.74, 6) is 1.48. The van der Waals surface area contributed by atoms with Gasteiger partial charge in [-0.1, -0.05) is 34.6 Å². The molecule has 2 atom stereocenters. The van der Waals surface area contributed by atoms with Gasteiger partial charge in [-0.3, -0.25) is 0 Å². The van der Waals surface area contributed by atoms with Gasteiger partial charge in [-0.25, -0.2) is 0 Å². The van der Waals surface area contributed by atoms with E-state index in [1.54, 1.807) is 0 Å². The Morgan fingerprint density at radius 2 is 2.00 bits per heavy atom. The minimum absolute atomic E-state index is 0.335. The lowest BCUT2D eigenvalue weighted by atomic mass is 9.78. The van der Waals surface area contributed by atoms with Gasteiger partial charge in [-0.2, -0.15) is 4.80 Å². The minimum atomic E-state index is 0.335. The van der Waals surface area contributed by atoms with Crippen molar-refractivity contribution in [2.24, 2.45) is 18.4 Å². The quantitative estimate of drug-likeness (QED) is 0.823. The molecule has 19 heavy (non-hydrogen) atoms. The summed E-state index contributed by atoms with van der Waals surface area (Å²) in [4.78, 5) is 1.53. The Kier molecular flexibility index (Phi) is 5.91. The molecule has 0 aliphatic heterocycles. The molecule has 0 aliphatic carbocycles. The second kappa shape index (κ2) is 6.98. The molecule has 2 unspecified atom stereocenters. The number of hydrogen-bond donors (Lipinski definition) is 1. The topological polar surface area (TPSA) is 55.6 Å². The molecule has 5 heteroatoms. The molecule has 0 aliphatic rings. The first-order chi connectivity index (χ1) is 8.82. The SMILES string of the molecule is CCCNC(Cc1nnn(C)n1)CC(C)C(C)(C)C. The number of nitrogens with one attached hydrogen (secondary N) is 1. The van der Waals surface area contributed by atoms with Crippen LogP contribution in [0.4, 0.5) is 0 Å². The van der Waals surface area contributed by atoms with Gasteiger partial charge in [0, 0.05) is 12.5 Å². The van der Waals surface area contributed by atoms with Gasteiger partial charge < -0.3 is 5.32 Å². The Morgan fingerprint density at radius 3 is 2.47 bits per heavy atom. The zero-order valence-corrected chi connectivity index (χ0v) is 13.3. The number of hydrogen-bond acceptors (Lipinski definition) is 4. The molecule has 0 fully saturated rings. The summed E-state index contributed by atoms with van der Waals surface area (Å²) in [6.45, 7) is 12.5. The summed E-state index contributed by atoms with van der Waals surface area (Å²) in [5, 5.41) is 15.9. The van der Waals surface area contributed by atoms with Gasteiger partial charge in [-0.15, -0.1) is 10.2 Å². The average molecular weight is 267 g/mol.